The Morgan fingerprint density at radius 3 is 2.90 bits per heavy atom. The first-order valence-corrected chi connectivity index (χ1v) is 7.01. The lowest BCUT2D eigenvalue weighted by molar-refractivity contribution is 0.102. The second-order valence-electron chi connectivity index (χ2n) is 4.61. The number of rotatable bonds is 2. The third-order valence-electron chi connectivity index (χ3n) is 3.02. The van der Waals surface area contributed by atoms with E-state index in [-0.39, 0.29) is 5.91 Å². The third-order valence-corrected chi connectivity index (χ3v) is 3.59. The fourth-order valence-corrected chi connectivity index (χ4v) is 2.43. The fourth-order valence-electron chi connectivity index (χ4n) is 2.10. The Labute approximate surface area is 131 Å². The minimum Gasteiger partial charge on any atom is -0.320 e. The molecule has 2 heterocycles. The van der Waals surface area contributed by atoms with Crippen LogP contribution in [0.25, 0.3) is 5.65 Å². The first kappa shape index (κ1) is 13.9. The van der Waals surface area contributed by atoms with Crippen LogP contribution in [0.2, 0.25) is 10.0 Å². The van der Waals surface area contributed by atoms with E-state index in [1.54, 1.807) is 30.3 Å². The number of imidazole rings is 1. The molecule has 0 fully saturated rings. The molecule has 21 heavy (non-hydrogen) atoms. The number of carbonyl (C=O) groups excluding carboxylic acids is 1. The molecule has 0 atom stereocenters. The Bertz CT molecular complexity index is 842. The highest BCUT2D eigenvalue weighted by molar-refractivity contribution is 6.36. The van der Waals surface area contributed by atoms with Gasteiger partial charge in [-0.25, -0.2) is 4.98 Å². The van der Waals surface area contributed by atoms with Crippen LogP contribution >= 0.6 is 23.2 Å². The summed E-state index contributed by atoms with van der Waals surface area (Å²) in [5.74, 6) is -0.282. The zero-order valence-electron chi connectivity index (χ0n) is 11.1. The first-order valence-electron chi connectivity index (χ1n) is 6.25. The summed E-state index contributed by atoms with van der Waals surface area (Å²) < 4.78 is 1.81. The van der Waals surface area contributed by atoms with Gasteiger partial charge in [-0.15, -0.1) is 0 Å². The van der Waals surface area contributed by atoms with Gasteiger partial charge in [0.1, 0.15) is 5.65 Å². The number of fused-ring (bicyclic) bond motifs is 1. The highest BCUT2D eigenvalue weighted by Gasteiger charge is 2.14. The maximum absolute atomic E-state index is 12.4. The summed E-state index contributed by atoms with van der Waals surface area (Å²) in [4.78, 5) is 16.8. The Morgan fingerprint density at radius 2 is 2.10 bits per heavy atom. The van der Waals surface area contributed by atoms with Crippen molar-refractivity contribution >= 4 is 40.4 Å². The van der Waals surface area contributed by atoms with Crippen molar-refractivity contribution in [2.24, 2.45) is 0 Å². The Kier molecular flexibility index (Phi) is 3.57. The second kappa shape index (κ2) is 5.39. The summed E-state index contributed by atoms with van der Waals surface area (Å²) in [5, 5.41) is 3.69. The van der Waals surface area contributed by atoms with Gasteiger partial charge in [-0.2, -0.15) is 0 Å². The summed E-state index contributed by atoms with van der Waals surface area (Å²) in [6.07, 6.45) is 3.71. The molecule has 0 bridgehead atoms. The van der Waals surface area contributed by atoms with Gasteiger partial charge in [0, 0.05) is 17.4 Å². The molecular formula is C15H11Cl2N3O. The molecule has 2 aromatic heterocycles. The van der Waals surface area contributed by atoms with Crippen molar-refractivity contribution in [2.45, 2.75) is 6.92 Å². The van der Waals surface area contributed by atoms with E-state index in [9.17, 15) is 4.79 Å². The number of carbonyl (C=O) groups is 1. The maximum atomic E-state index is 12.4. The maximum Gasteiger partial charge on any atom is 0.259 e. The fraction of sp³-hybridized carbons (Fsp3) is 0.0667. The average Bonchev–Trinajstić information content (AvgIpc) is 2.82. The van der Waals surface area contributed by atoms with Gasteiger partial charge in [-0.05, 0) is 37.3 Å². The molecule has 4 nitrogen and oxygen atoms in total. The van der Waals surface area contributed by atoms with Crippen molar-refractivity contribution in [1.82, 2.24) is 9.38 Å². The van der Waals surface area contributed by atoms with E-state index in [2.05, 4.69) is 10.3 Å². The molecule has 106 valence electrons. The van der Waals surface area contributed by atoms with Crippen molar-refractivity contribution in [3.8, 4) is 0 Å². The molecule has 3 aromatic rings. The van der Waals surface area contributed by atoms with Gasteiger partial charge in [-0.1, -0.05) is 23.2 Å². The lowest BCUT2D eigenvalue weighted by Crippen LogP contribution is -2.13. The van der Waals surface area contributed by atoms with Gasteiger partial charge in [0.2, 0.25) is 0 Å². The van der Waals surface area contributed by atoms with E-state index < -0.39 is 0 Å². The van der Waals surface area contributed by atoms with Crippen LogP contribution in [-0.2, 0) is 0 Å². The van der Waals surface area contributed by atoms with Crippen LogP contribution in [0.15, 0.2) is 42.7 Å². The topological polar surface area (TPSA) is 46.4 Å². The van der Waals surface area contributed by atoms with Gasteiger partial charge in [0.25, 0.3) is 5.91 Å². The standard InChI is InChI=1S/C15H11Cl2N3O/c1-9-8-20-6-2-3-11(14(20)18-9)15(21)19-13-7-10(16)4-5-12(13)17/h2-8H,1H3,(H,19,21). The minimum atomic E-state index is -0.282. The minimum absolute atomic E-state index is 0.282. The van der Waals surface area contributed by atoms with Crippen molar-refractivity contribution in [2.75, 3.05) is 5.32 Å². The molecule has 0 spiro atoms. The first-order chi connectivity index (χ1) is 10.0. The number of nitrogens with zero attached hydrogens (tertiary/aromatic N) is 2. The van der Waals surface area contributed by atoms with Crippen LogP contribution in [0.3, 0.4) is 0 Å². The van der Waals surface area contributed by atoms with Crippen LogP contribution < -0.4 is 5.32 Å². The molecule has 0 unspecified atom stereocenters. The predicted octanol–water partition coefficient (Wildman–Crippen LogP) is 4.20. The van der Waals surface area contributed by atoms with E-state index >= 15 is 0 Å². The van der Waals surface area contributed by atoms with Gasteiger partial charge < -0.3 is 9.72 Å². The van der Waals surface area contributed by atoms with Gasteiger partial charge in [0.15, 0.2) is 0 Å². The average molecular weight is 320 g/mol. The zero-order valence-corrected chi connectivity index (χ0v) is 12.6. The second-order valence-corrected chi connectivity index (χ2v) is 5.46. The predicted molar refractivity (Wildman–Crippen MR) is 84.3 cm³/mol. The van der Waals surface area contributed by atoms with Gasteiger partial charge in [0.05, 0.1) is 22.0 Å². The van der Waals surface area contributed by atoms with Crippen LogP contribution in [0.4, 0.5) is 5.69 Å². The summed E-state index contributed by atoms with van der Waals surface area (Å²) in [7, 11) is 0. The molecule has 0 aliphatic heterocycles. The van der Waals surface area contributed by atoms with Crippen molar-refractivity contribution < 1.29 is 4.79 Å². The molecule has 0 saturated carbocycles. The highest BCUT2D eigenvalue weighted by Crippen LogP contribution is 2.26. The number of hydrogen-bond acceptors (Lipinski definition) is 2. The van der Waals surface area contributed by atoms with Crippen molar-refractivity contribution in [3.05, 3.63) is 64.0 Å². The van der Waals surface area contributed by atoms with Gasteiger partial charge in [-0.3, -0.25) is 4.79 Å². The molecular weight excluding hydrogens is 309 g/mol. The van der Waals surface area contributed by atoms with Gasteiger partial charge >= 0.3 is 0 Å². The number of halogens is 2. The Balaban J connectivity index is 1.99. The quantitative estimate of drug-likeness (QED) is 0.769. The SMILES string of the molecule is Cc1cn2cccc(C(=O)Nc3cc(Cl)ccc3Cl)c2n1. The number of pyridine rings is 1. The van der Waals surface area contributed by atoms with E-state index in [1.807, 2.05) is 23.7 Å². The lowest BCUT2D eigenvalue weighted by atomic mass is 10.2. The molecule has 0 aliphatic rings. The molecule has 0 radical (unpaired) electrons. The Hall–Kier alpha value is -2.04. The summed E-state index contributed by atoms with van der Waals surface area (Å²) in [6.45, 7) is 1.88. The molecule has 0 saturated heterocycles. The molecule has 1 aromatic carbocycles. The number of anilines is 1. The smallest absolute Gasteiger partial charge is 0.259 e. The van der Waals surface area contributed by atoms with Crippen LogP contribution in [0.5, 0.6) is 0 Å². The highest BCUT2D eigenvalue weighted by atomic mass is 35.5. The van der Waals surface area contributed by atoms with Crippen molar-refractivity contribution in [1.29, 1.82) is 0 Å². The van der Waals surface area contributed by atoms with Crippen LogP contribution in [-0.4, -0.2) is 15.3 Å². The normalized spacial score (nSPS) is 10.8. The van der Waals surface area contributed by atoms with E-state index in [0.29, 0.717) is 26.9 Å². The number of benzene rings is 1. The lowest BCUT2D eigenvalue weighted by Gasteiger charge is -2.08. The number of nitrogens with one attached hydrogen (secondary N) is 1. The van der Waals surface area contributed by atoms with E-state index in [1.165, 1.54) is 0 Å². The summed E-state index contributed by atoms with van der Waals surface area (Å²) >= 11 is 12.0. The molecule has 1 amide bonds. The van der Waals surface area contributed by atoms with E-state index in [0.717, 1.165) is 5.69 Å². The molecule has 0 aliphatic carbocycles. The molecule has 3 rings (SSSR count). The van der Waals surface area contributed by atoms with Crippen LogP contribution in [0, 0.1) is 6.92 Å². The number of aromatic nitrogens is 2. The monoisotopic (exact) mass is 319 g/mol. The number of hydrogen-bond donors (Lipinski definition) is 1. The summed E-state index contributed by atoms with van der Waals surface area (Å²) in [6, 6.07) is 8.43. The molecule has 1 N–H and O–H groups in total. The summed E-state index contributed by atoms with van der Waals surface area (Å²) in [5.41, 5.74) is 2.39. The van der Waals surface area contributed by atoms with Crippen molar-refractivity contribution in [3.63, 3.8) is 0 Å². The zero-order chi connectivity index (χ0) is 15.0. The number of aryl methyl sites for hydroxylation is 1. The molecule has 6 heteroatoms. The number of amides is 1. The third kappa shape index (κ3) is 2.73. The largest absolute Gasteiger partial charge is 0.320 e. The van der Waals surface area contributed by atoms with Crippen LogP contribution in [0.1, 0.15) is 16.1 Å². The Morgan fingerprint density at radius 1 is 1.29 bits per heavy atom. The van der Waals surface area contributed by atoms with E-state index in [4.69, 9.17) is 23.2 Å².